The fourth-order valence-electron chi connectivity index (χ4n) is 2.13. The molecule has 0 aliphatic rings. The van der Waals surface area contributed by atoms with E-state index >= 15 is 0 Å². The number of rotatable bonds is 8. The Kier molecular flexibility index (Phi) is 6.72. The molecule has 1 unspecified atom stereocenters. The van der Waals surface area contributed by atoms with Crippen molar-refractivity contribution in [3.8, 4) is 0 Å². The first-order valence-corrected chi connectivity index (χ1v) is 7.35. The molecule has 0 bridgehead atoms. The molecule has 3 nitrogen and oxygen atoms in total. The molecule has 1 aromatic heterocycles. The lowest BCUT2D eigenvalue weighted by molar-refractivity contribution is 0.482. The maximum absolute atomic E-state index is 6.20. The van der Waals surface area contributed by atoms with Crippen molar-refractivity contribution in [2.45, 2.75) is 65.5 Å². The van der Waals surface area contributed by atoms with Gasteiger partial charge in [-0.3, -0.25) is 4.68 Å². The number of aryl methyl sites for hydroxylation is 2. The Morgan fingerprint density at radius 1 is 1.33 bits per heavy atom. The van der Waals surface area contributed by atoms with Crippen LogP contribution in [0.1, 0.15) is 57.2 Å². The van der Waals surface area contributed by atoms with E-state index in [9.17, 15) is 0 Å². The van der Waals surface area contributed by atoms with Gasteiger partial charge in [-0.05, 0) is 20.3 Å². The summed E-state index contributed by atoms with van der Waals surface area (Å²) in [6.45, 7) is 7.31. The first-order valence-electron chi connectivity index (χ1n) is 6.97. The molecule has 0 aliphatic heterocycles. The van der Waals surface area contributed by atoms with Crippen molar-refractivity contribution in [3.05, 3.63) is 16.4 Å². The van der Waals surface area contributed by atoms with Crippen LogP contribution in [0, 0.1) is 6.92 Å². The standard InChI is InChI=1S/C14H26ClN3/c1-5-6-7-8-9-11(2)16-10-13-12(3)17-18(4)14(13)15/h11,16H,5-10H2,1-4H3. The van der Waals surface area contributed by atoms with Crippen LogP contribution in [0.4, 0.5) is 0 Å². The first kappa shape index (κ1) is 15.5. The topological polar surface area (TPSA) is 29.9 Å². The fourth-order valence-corrected chi connectivity index (χ4v) is 2.37. The predicted octanol–water partition coefficient (Wildman–Crippen LogP) is 3.83. The largest absolute Gasteiger partial charge is 0.310 e. The van der Waals surface area contributed by atoms with Gasteiger partial charge < -0.3 is 5.32 Å². The van der Waals surface area contributed by atoms with E-state index < -0.39 is 0 Å². The van der Waals surface area contributed by atoms with Gasteiger partial charge in [-0.15, -0.1) is 0 Å². The third-order valence-corrected chi connectivity index (χ3v) is 3.86. The van der Waals surface area contributed by atoms with E-state index in [4.69, 9.17) is 11.6 Å². The highest BCUT2D eigenvalue weighted by atomic mass is 35.5. The maximum atomic E-state index is 6.20. The Morgan fingerprint density at radius 2 is 2.06 bits per heavy atom. The minimum atomic E-state index is 0.539. The van der Waals surface area contributed by atoms with Gasteiger partial charge in [0.05, 0.1) is 5.69 Å². The molecule has 0 saturated carbocycles. The molecular formula is C14H26ClN3. The summed E-state index contributed by atoms with van der Waals surface area (Å²) in [5, 5.41) is 8.60. The minimum absolute atomic E-state index is 0.539. The van der Waals surface area contributed by atoms with Crippen LogP contribution in [0.25, 0.3) is 0 Å². The number of hydrogen-bond acceptors (Lipinski definition) is 2. The molecular weight excluding hydrogens is 246 g/mol. The number of aromatic nitrogens is 2. The molecule has 0 spiro atoms. The molecule has 4 heteroatoms. The van der Waals surface area contributed by atoms with Gasteiger partial charge in [-0.1, -0.05) is 44.2 Å². The van der Waals surface area contributed by atoms with Gasteiger partial charge in [0.1, 0.15) is 5.15 Å². The molecule has 0 saturated heterocycles. The lowest BCUT2D eigenvalue weighted by atomic mass is 10.1. The third-order valence-electron chi connectivity index (χ3n) is 3.39. The molecule has 1 N–H and O–H groups in total. The molecule has 1 atom stereocenters. The molecule has 1 heterocycles. The number of nitrogens with zero attached hydrogens (tertiary/aromatic N) is 2. The van der Waals surface area contributed by atoms with E-state index in [-0.39, 0.29) is 0 Å². The highest BCUT2D eigenvalue weighted by Crippen LogP contribution is 2.18. The average molecular weight is 272 g/mol. The molecule has 0 aromatic carbocycles. The second-order valence-electron chi connectivity index (χ2n) is 5.11. The Bertz CT molecular complexity index is 360. The van der Waals surface area contributed by atoms with E-state index in [0.717, 1.165) is 23.0 Å². The monoisotopic (exact) mass is 271 g/mol. The van der Waals surface area contributed by atoms with Crippen LogP contribution in [0.5, 0.6) is 0 Å². The third kappa shape index (κ3) is 4.62. The Balaban J connectivity index is 2.31. The number of hydrogen-bond donors (Lipinski definition) is 1. The van der Waals surface area contributed by atoms with Gasteiger partial charge in [0.2, 0.25) is 0 Å². The van der Waals surface area contributed by atoms with Gasteiger partial charge in [0.15, 0.2) is 0 Å². The number of halogens is 1. The fraction of sp³-hybridized carbons (Fsp3) is 0.786. The molecule has 1 aromatic rings. The second kappa shape index (κ2) is 7.80. The summed E-state index contributed by atoms with van der Waals surface area (Å²) in [6, 6.07) is 0.539. The van der Waals surface area contributed by atoms with Gasteiger partial charge in [-0.2, -0.15) is 5.10 Å². The zero-order chi connectivity index (χ0) is 13.5. The summed E-state index contributed by atoms with van der Waals surface area (Å²) in [5.74, 6) is 0. The van der Waals surface area contributed by atoms with Crippen molar-refractivity contribution < 1.29 is 0 Å². The SMILES string of the molecule is CCCCCCC(C)NCc1c(C)nn(C)c1Cl. The maximum Gasteiger partial charge on any atom is 0.131 e. The average Bonchev–Trinajstić information content (AvgIpc) is 2.57. The molecule has 104 valence electrons. The van der Waals surface area contributed by atoms with Crippen molar-refractivity contribution >= 4 is 11.6 Å². The first-order chi connectivity index (χ1) is 8.56. The lowest BCUT2D eigenvalue weighted by Crippen LogP contribution is -2.25. The molecule has 0 aliphatic carbocycles. The molecule has 1 rings (SSSR count). The summed E-state index contributed by atoms with van der Waals surface area (Å²) in [4.78, 5) is 0. The Hall–Kier alpha value is -0.540. The van der Waals surface area contributed by atoms with Crippen molar-refractivity contribution in [3.63, 3.8) is 0 Å². The quantitative estimate of drug-likeness (QED) is 0.728. The second-order valence-corrected chi connectivity index (χ2v) is 5.47. The number of nitrogens with one attached hydrogen (secondary N) is 1. The highest BCUT2D eigenvalue weighted by Gasteiger charge is 2.11. The van der Waals surface area contributed by atoms with Crippen LogP contribution in [-0.4, -0.2) is 15.8 Å². The van der Waals surface area contributed by atoms with Crippen LogP contribution < -0.4 is 5.32 Å². The van der Waals surface area contributed by atoms with Crippen LogP contribution in [0.2, 0.25) is 5.15 Å². The smallest absolute Gasteiger partial charge is 0.131 e. The van der Waals surface area contributed by atoms with Crippen molar-refractivity contribution in [1.29, 1.82) is 0 Å². The molecule has 0 amide bonds. The molecule has 0 fully saturated rings. The Labute approximate surface area is 116 Å². The van der Waals surface area contributed by atoms with Crippen LogP contribution in [0.15, 0.2) is 0 Å². The van der Waals surface area contributed by atoms with Crippen molar-refractivity contribution in [2.24, 2.45) is 7.05 Å². The Morgan fingerprint density at radius 3 is 2.61 bits per heavy atom. The zero-order valence-corrected chi connectivity index (χ0v) is 12.8. The van der Waals surface area contributed by atoms with Crippen molar-refractivity contribution in [2.75, 3.05) is 0 Å². The van der Waals surface area contributed by atoms with Gasteiger partial charge in [0, 0.05) is 25.2 Å². The van der Waals surface area contributed by atoms with E-state index in [2.05, 4.69) is 24.3 Å². The summed E-state index contributed by atoms with van der Waals surface area (Å²) in [7, 11) is 1.88. The minimum Gasteiger partial charge on any atom is -0.310 e. The van der Waals surface area contributed by atoms with Gasteiger partial charge in [0.25, 0.3) is 0 Å². The normalized spacial score (nSPS) is 12.9. The van der Waals surface area contributed by atoms with E-state index in [0.29, 0.717) is 6.04 Å². The lowest BCUT2D eigenvalue weighted by Gasteiger charge is -2.13. The summed E-state index contributed by atoms with van der Waals surface area (Å²) >= 11 is 6.20. The van der Waals surface area contributed by atoms with Gasteiger partial charge >= 0.3 is 0 Å². The van der Waals surface area contributed by atoms with E-state index in [1.807, 2.05) is 14.0 Å². The summed E-state index contributed by atoms with van der Waals surface area (Å²) in [6.07, 6.45) is 6.53. The predicted molar refractivity (Wildman–Crippen MR) is 78.0 cm³/mol. The van der Waals surface area contributed by atoms with Crippen LogP contribution in [-0.2, 0) is 13.6 Å². The number of unbranched alkanes of at least 4 members (excludes halogenated alkanes) is 3. The summed E-state index contributed by atoms with van der Waals surface area (Å²) in [5.41, 5.74) is 2.15. The van der Waals surface area contributed by atoms with E-state index in [1.54, 1.807) is 4.68 Å². The zero-order valence-electron chi connectivity index (χ0n) is 12.1. The molecule has 0 radical (unpaired) electrons. The van der Waals surface area contributed by atoms with Crippen LogP contribution in [0.3, 0.4) is 0 Å². The summed E-state index contributed by atoms with van der Waals surface area (Å²) < 4.78 is 1.74. The van der Waals surface area contributed by atoms with Crippen LogP contribution >= 0.6 is 11.6 Å². The molecule has 18 heavy (non-hydrogen) atoms. The van der Waals surface area contributed by atoms with E-state index in [1.165, 1.54) is 32.1 Å². The van der Waals surface area contributed by atoms with Crippen molar-refractivity contribution in [1.82, 2.24) is 15.1 Å². The highest BCUT2D eigenvalue weighted by molar-refractivity contribution is 6.30. The van der Waals surface area contributed by atoms with Gasteiger partial charge in [-0.25, -0.2) is 0 Å².